The molecular formula is C16H31NO8. The summed E-state index contributed by atoms with van der Waals surface area (Å²) in [5, 5.41) is 20.7. The average Bonchev–Trinajstić information content (AvgIpc) is 2.47. The van der Waals surface area contributed by atoms with E-state index in [2.05, 4.69) is 5.32 Å². The fraction of sp³-hybridized carbons (Fsp3) is 0.875. The Kier molecular flexibility index (Phi) is 13.0. The van der Waals surface area contributed by atoms with Gasteiger partial charge in [-0.3, -0.25) is 4.79 Å². The summed E-state index contributed by atoms with van der Waals surface area (Å²) in [6, 6.07) is 0. The van der Waals surface area contributed by atoms with Crippen LogP contribution in [0.5, 0.6) is 0 Å². The van der Waals surface area contributed by atoms with Crippen molar-refractivity contribution in [2.24, 2.45) is 0 Å². The highest BCUT2D eigenvalue weighted by Gasteiger charge is 2.15. The van der Waals surface area contributed by atoms with Gasteiger partial charge in [0.2, 0.25) is 0 Å². The van der Waals surface area contributed by atoms with Gasteiger partial charge in [0.05, 0.1) is 52.2 Å². The number of amides is 1. The van der Waals surface area contributed by atoms with Gasteiger partial charge in [-0.25, -0.2) is 4.79 Å². The van der Waals surface area contributed by atoms with Crippen molar-refractivity contribution in [1.82, 2.24) is 5.32 Å². The highest BCUT2D eigenvalue weighted by molar-refractivity contribution is 5.67. The van der Waals surface area contributed by atoms with Crippen LogP contribution in [0, 0.1) is 0 Å². The molecule has 9 heteroatoms. The topological polar surface area (TPSA) is 124 Å². The van der Waals surface area contributed by atoms with Crippen LogP contribution in [0.2, 0.25) is 0 Å². The van der Waals surface area contributed by atoms with Gasteiger partial charge in [-0.1, -0.05) is 0 Å². The third-order valence-corrected chi connectivity index (χ3v) is 2.66. The number of rotatable bonds is 14. The molecule has 0 spiro atoms. The first-order chi connectivity index (χ1) is 11.7. The molecule has 0 rings (SSSR count). The van der Waals surface area contributed by atoms with Crippen molar-refractivity contribution in [1.29, 1.82) is 0 Å². The van der Waals surface area contributed by atoms with Gasteiger partial charge in [0.15, 0.2) is 0 Å². The number of aliphatic hydroxyl groups excluding tert-OH is 1. The van der Waals surface area contributed by atoms with Crippen LogP contribution in [0.15, 0.2) is 0 Å². The number of ether oxygens (including phenoxy) is 4. The molecule has 0 aliphatic heterocycles. The summed E-state index contributed by atoms with van der Waals surface area (Å²) in [5.74, 6) is -0.894. The summed E-state index contributed by atoms with van der Waals surface area (Å²) in [6.07, 6.45) is -0.865. The molecule has 1 atom stereocenters. The predicted molar refractivity (Wildman–Crippen MR) is 89.6 cm³/mol. The molecule has 0 saturated heterocycles. The molecule has 0 aliphatic carbocycles. The van der Waals surface area contributed by atoms with E-state index in [1.54, 1.807) is 20.8 Å². The quantitative estimate of drug-likeness (QED) is 0.386. The van der Waals surface area contributed by atoms with E-state index in [4.69, 9.17) is 24.1 Å². The summed E-state index contributed by atoms with van der Waals surface area (Å²) in [4.78, 5) is 21.6. The summed E-state index contributed by atoms with van der Waals surface area (Å²) in [6.45, 7) is 7.30. The number of aliphatic hydroxyl groups is 1. The Labute approximate surface area is 148 Å². The van der Waals surface area contributed by atoms with Crippen LogP contribution >= 0.6 is 0 Å². The lowest BCUT2D eigenvalue weighted by molar-refractivity contribution is -0.138. The first-order valence-corrected chi connectivity index (χ1v) is 8.30. The van der Waals surface area contributed by atoms with E-state index in [-0.39, 0.29) is 19.6 Å². The summed E-state index contributed by atoms with van der Waals surface area (Å²) in [5.41, 5.74) is -0.549. The van der Waals surface area contributed by atoms with E-state index < -0.39 is 23.8 Å². The zero-order chi connectivity index (χ0) is 19.1. The second-order valence-electron chi connectivity index (χ2n) is 6.31. The van der Waals surface area contributed by atoms with Crippen LogP contribution in [-0.2, 0) is 23.7 Å². The number of hydrogen-bond donors (Lipinski definition) is 3. The minimum absolute atomic E-state index is 0.0240. The van der Waals surface area contributed by atoms with Gasteiger partial charge in [0.25, 0.3) is 0 Å². The molecule has 0 heterocycles. The fourth-order valence-electron chi connectivity index (χ4n) is 1.56. The fourth-order valence-corrected chi connectivity index (χ4v) is 1.56. The standard InChI is InChI=1S/C16H31NO8/c1-16(2,3)25-15(21)17-6-4-13(18)12-24-11-10-23-9-8-22-7-5-14(19)20/h13,18H,4-12H2,1-3H3,(H,17,21)(H,19,20). The maximum atomic E-state index is 11.4. The Hall–Kier alpha value is -1.42. The molecule has 0 saturated carbocycles. The molecule has 0 fully saturated rings. The second-order valence-corrected chi connectivity index (χ2v) is 6.31. The van der Waals surface area contributed by atoms with E-state index in [1.807, 2.05) is 0 Å². The molecule has 0 aliphatic rings. The smallest absolute Gasteiger partial charge is 0.407 e. The molecular weight excluding hydrogens is 334 g/mol. The lowest BCUT2D eigenvalue weighted by atomic mass is 10.2. The van der Waals surface area contributed by atoms with Crippen LogP contribution < -0.4 is 5.32 Å². The molecule has 0 bridgehead atoms. The first-order valence-electron chi connectivity index (χ1n) is 8.30. The zero-order valence-corrected chi connectivity index (χ0v) is 15.3. The number of carbonyl (C=O) groups is 2. The lowest BCUT2D eigenvalue weighted by Gasteiger charge is -2.20. The summed E-state index contributed by atoms with van der Waals surface area (Å²) in [7, 11) is 0. The normalized spacial score (nSPS) is 12.6. The van der Waals surface area contributed by atoms with E-state index >= 15 is 0 Å². The highest BCUT2D eigenvalue weighted by Crippen LogP contribution is 2.06. The summed E-state index contributed by atoms with van der Waals surface area (Å²) < 4.78 is 20.6. The molecule has 1 amide bonds. The van der Waals surface area contributed by atoms with Crippen molar-refractivity contribution < 1.29 is 38.7 Å². The Morgan fingerprint density at radius 2 is 1.56 bits per heavy atom. The maximum Gasteiger partial charge on any atom is 0.407 e. The lowest BCUT2D eigenvalue weighted by Crippen LogP contribution is -2.34. The van der Waals surface area contributed by atoms with Gasteiger partial charge in [-0.05, 0) is 27.2 Å². The molecule has 0 radical (unpaired) electrons. The monoisotopic (exact) mass is 365 g/mol. The number of carboxylic acids is 1. The number of aliphatic carboxylic acids is 1. The number of hydrogen-bond acceptors (Lipinski definition) is 7. The van der Waals surface area contributed by atoms with Crippen molar-refractivity contribution >= 4 is 12.1 Å². The van der Waals surface area contributed by atoms with Crippen LogP contribution in [0.25, 0.3) is 0 Å². The average molecular weight is 365 g/mol. The van der Waals surface area contributed by atoms with Crippen LogP contribution in [0.4, 0.5) is 4.79 Å². The van der Waals surface area contributed by atoms with Crippen molar-refractivity contribution in [3.8, 4) is 0 Å². The Balaban J connectivity index is 3.37. The predicted octanol–water partition coefficient (Wildman–Crippen LogP) is 0.787. The molecule has 9 nitrogen and oxygen atoms in total. The van der Waals surface area contributed by atoms with Gasteiger partial charge in [-0.15, -0.1) is 0 Å². The van der Waals surface area contributed by atoms with Crippen LogP contribution in [0.3, 0.4) is 0 Å². The molecule has 0 aromatic heterocycles. The minimum atomic E-state index is -0.894. The molecule has 3 N–H and O–H groups in total. The van der Waals surface area contributed by atoms with Gasteiger partial charge < -0.3 is 34.5 Å². The molecule has 148 valence electrons. The SMILES string of the molecule is CC(C)(C)OC(=O)NCCC(O)COCCOCCOCCC(=O)O. The molecule has 1 unspecified atom stereocenters. The van der Waals surface area contributed by atoms with Crippen LogP contribution in [0.1, 0.15) is 33.6 Å². The number of nitrogens with one attached hydrogen (secondary N) is 1. The van der Waals surface area contributed by atoms with Crippen molar-refractivity contribution in [2.45, 2.75) is 45.3 Å². The van der Waals surface area contributed by atoms with E-state index in [9.17, 15) is 14.7 Å². The molecule has 0 aromatic carbocycles. The number of alkyl carbamates (subject to hydrolysis) is 1. The van der Waals surface area contributed by atoms with E-state index in [0.717, 1.165) is 0 Å². The highest BCUT2D eigenvalue weighted by atomic mass is 16.6. The third kappa shape index (κ3) is 18.8. The molecule has 0 aromatic rings. The van der Waals surface area contributed by atoms with Crippen molar-refractivity contribution in [2.75, 3.05) is 46.2 Å². The first kappa shape index (κ1) is 23.6. The van der Waals surface area contributed by atoms with Gasteiger partial charge in [0, 0.05) is 6.54 Å². The van der Waals surface area contributed by atoms with E-state index in [0.29, 0.717) is 39.4 Å². The van der Waals surface area contributed by atoms with Crippen molar-refractivity contribution in [3.63, 3.8) is 0 Å². The van der Waals surface area contributed by atoms with Gasteiger partial charge in [0.1, 0.15) is 5.60 Å². The zero-order valence-electron chi connectivity index (χ0n) is 15.3. The van der Waals surface area contributed by atoms with Crippen molar-refractivity contribution in [3.05, 3.63) is 0 Å². The van der Waals surface area contributed by atoms with E-state index in [1.165, 1.54) is 0 Å². The number of carbonyl (C=O) groups excluding carboxylic acids is 1. The van der Waals surface area contributed by atoms with Crippen LogP contribution in [-0.4, -0.2) is 80.2 Å². The number of carboxylic acid groups (broad SMARTS) is 1. The maximum absolute atomic E-state index is 11.4. The van der Waals surface area contributed by atoms with Gasteiger partial charge in [-0.2, -0.15) is 0 Å². The largest absolute Gasteiger partial charge is 0.481 e. The Morgan fingerprint density at radius 3 is 2.12 bits per heavy atom. The molecule has 25 heavy (non-hydrogen) atoms. The minimum Gasteiger partial charge on any atom is -0.481 e. The summed E-state index contributed by atoms with van der Waals surface area (Å²) >= 11 is 0. The second kappa shape index (κ2) is 13.8. The Bertz CT molecular complexity index is 370. The third-order valence-electron chi connectivity index (χ3n) is 2.66. The Morgan fingerprint density at radius 1 is 1.00 bits per heavy atom. The van der Waals surface area contributed by atoms with Gasteiger partial charge >= 0.3 is 12.1 Å².